The van der Waals surface area contributed by atoms with E-state index >= 15 is 0 Å². The number of hydrogen-bond donors (Lipinski definition) is 1. The van der Waals surface area contributed by atoms with Gasteiger partial charge in [0.15, 0.2) is 0 Å². The first-order valence-electron chi connectivity index (χ1n) is 5.56. The SMILES string of the molecule is COC(=O)C=C(S)CC(C)CCC=C(C)C. The highest BCUT2D eigenvalue weighted by Gasteiger charge is 2.04. The molecule has 0 aromatic heterocycles. The number of rotatable bonds is 6. The lowest BCUT2D eigenvalue weighted by molar-refractivity contribution is -0.134. The molecule has 0 aromatic rings. The molecule has 0 radical (unpaired) electrons. The summed E-state index contributed by atoms with van der Waals surface area (Å²) in [5.74, 6) is 0.200. The molecular formula is C13H22O2S. The maximum absolute atomic E-state index is 11.0. The van der Waals surface area contributed by atoms with Crippen molar-refractivity contribution in [2.45, 2.75) is 40.0 Å². The molecule has 0 saturated carbocycles. The fourth-order valence-electron chi connectivity index (χ4n) is 1.37. The fourth-order valence-corrected chi connectivity index (χ4v) is 1.79. The zero-order valence-electron chi connectivity index (χ0n) is 10.6. The van der Waals surface area contributed by atoms with Gasteiger partial charge in [-0.1, -0.05) is 18.6 Å². The van der Waals surface area contributed by atoms with Crippen LogP contribution in [0.25, 0.3) is 0 Å². The first kappa shape index (κ1) is 15.3. The molecule has 0 aromatic carbocycles. The predicted octanol–water partition coefficient (Wildman–Crippen LogP) is 3.75. The summed E-state index contributed by atoms with van der Waals surface area (Å²) in [6.45, 7) is 6.37. The van der Waals surface area contributed by atoms with Crippen LogP contribution in [0.1, 0.15) is 40.0 Å². The normalized spacial score (nSPS) is 13.2. The van der Waals surface area contributed by atoms with Gasteiger partial charge in [0.2, 0.25) is 0 Å². The van der Waals surface area contributed by atoms with Crippen molar-refractivity contribution in [1.82, 2.24) is 0 Å². The summed E-state index contributed by atoms with van der Waals surface area (Å²) in [5.41, 5.74) is 1.35. The Labute approximate surface area is 104 Å². The van der Waals surface area contributed by atoms with E-state index in [1.165, 1.54) is 18.8 Å². The summed E-state index contributed by atoms with van der Waals surface area (Å²) in [6, 6.07) is 0. The van der Waals surface area contributed by atoms with Crippen molar-refractivity contribution >= 4 is 18.6 Å². The van der Waals surface area contributed by atoms with Crippen LogP contribution in [-0.2, 0) is 9.53 Å². The monoisotopic (exact) mass is 242 g/mol. The van der Waals surface area contributed by atoms with Crippen molar-refractivity contribution in [2.24, 2.45) is 5.92 Å². The van der Waals surface area contributed by atoms with Crippen LogP contribution >= 0.6 is 12.6 Å². The van der Waals surface area contributed by atoms with Gasteiger partial charge in [-0.3, -0.25) is 0 Å². The summed E-state index contributed by atoms with van der Waals surface area (Å²) in [5, 5.41) is 0. The molecular weight excluding hydrogens is 220 g/mol. The van der Waals surface area contributed by atoms with Crippen LogP contribution in [0, 0.1) is 5.92 Å². The highest BCUT2D eigenvalue weighted by atomic mass is 32.1. The van der Waals surface area contributed by atoms with Crippen molar-refractivity contribution in [2.75, 3.05) is 7.11 Å². The maximum Gasteiger partial charge on any atom is 0.331 e. The Kier molecular flexibility index (Phi) is 8.08. The van der Waals surface area contributed by atoms with Crippen LogP contribution in [0.4, 0.5) is 0 Å². The van der Waals surface area contributed by atoms with Crippen molar-refractivity contribution in [1.29, 1.82) is 0 Å². The molecule has 0 amide bonds. The highest BCUT2D eigenvalue weighted by molar-refractivity contribution is 7.84. The molecule has 92 valence electrons. The van der Waals surface area contributed by atoms with Crippen LogP contribution < -0.4 is 0 Å². The van der Waals surface area contributed by atoms with Crippen molar-refractivity contribution < 1.29 is 9.53 Å². The van der Waals surface area contributed by atoms with Crippen LogP contribution in [0.5, 0.6) is 0 Å². The van der Waals surface area contributed by atoms with E-state index in [4.69, 9.17) is 0 Å². The van der Waals surface area contributed by atoms with Gasteiger partial charge in [-0.05, 0) is 43.9 Å². The van der Waals surface area contributed by atoms with E-state index in [-0.39, 0.29) is 5.97 Å². The largest absolute Gasteiger partial charge is 0.466 e. The van der Waals surface area contributed by atoms with Gasteiger partial charge < -0.3 is 4.74 Å². The van der Waals surface area contributed by atoms with Gasteiger partial charge in [0.1, 0.15) is 0 Å². The summed E-state index contributed by atoms with van der Waals surface area (Å²) in [4.78, 5) is 11.7. The fraction of sp³-hybridized carbons (Fsp3) is 0.615. The van der Waals surface area contributed by atoms with E-state index < -0.39 is 0 Å². The van der Waals surface area contributed by atoms with Crippen LogP contribution in [-0.4, -0.2) is 13.1 Å². The number of thiol groups is 1. The van der Waals surface area contributed by atoms with E-state index in [0.29, 0.717) is 5.92 Å². The zero-order chi connectivity index (χ0) is 12.6. The Bertz CT molecular complexity index is 276. The minimum atomic E-state index is -0.332. The van der Waals surface area contributed by atoms with Crippen molar-refractivity contribution in [3.8, 4) is 0 Å². The third kappa shape index (κ3) is 8.60. The van der Waals surface area contributed by atoms with Crippen molar-refractivity contribution in [3.05, 3.63) is 22.6 Å². The second kappa shape index (κ2) is 8.45. The Morgan fingerprint density at radius 2 is 2.06 bits per heavy atom. The van der Waals surface area contributed by atoms with Crippen LogP contribution in [0.15, 0.2) is 22.6 Å². The van der Waals surface area contributed by atoms with E-state index in [0.717, 1.165) is 24.2 Å². The second-order valence-corrected chi connectivity index (χ2v) is 4.90. The van der Waals surface area contributed by atoms with Gasteiger partial charge in [0, 0.05) is 6.08 Å². The maximum atomic E-state index is 11.0. The first-order valence-corrected chi connectivity index (χ1v) is 6.01. The molecule has 0 bridgehead atoms. The smallest absolute Gasteiger partial charge is 0.331 e. The van der Waals surface area contributed by atoms with Gasteiger partial charge >= 0.3 is 5.97 Å². The third-order valence-electron chi connectivity index (χ3n) is 2.26. The number of esters is 1. The molecule has 0 saturated heterocycles. The third-order valence-corrected chi connectivity index (χ3v) is 2.57. The second-order valence-electron chi connectivity index (χ2n) is 4.33. The lowest BCUT2D eigenvalue weighted by Crippen LogP contribution is -1.99. The van der Waals surface area contributed by atoms with Crippen molar-refractivity contribution in [3.63, 3.8) is 0 Å². The number of allylic oxidation sites excluding steroid dienone is 3. The van der Waals surface area contributed by atoms with E-state index in [2.05, 4.69) is 44.2 Å². The minimum Gasteiger partial charge on any atom is -0.466 e. The molecule has 0 fully saturated rings. The molecule has 2 nitrogen and oxygen atoms in total. The summed E-state index contributed by atoms with van der Waals surface area (Å²) in [6.07, 6.45) is 6.71. The summed E-state index contributed by atoms with van der Waals surface area (Å²) < 4.78 is 4.54. The standard InChI is InChI=1S/C13H22O2S/c1-10(2)6-5-7-11(3)8-12(16)9-13(14)15-4/h6,9,11,16H,5,7-8H2,1-4H3. The molecule has 1 atom stereocenters. The van der Waals surface area contributed by atoms with Gasteiger partial charge in [0.25, 0.3) is 0 Å². The lowest BCUT2D eigenvalue weighted by atomic mass is 10.0. The quantitative estimate of drug-likeness (QED) is 0.332. The molecule has 1 unspecified atom stereocenters. The summed E-state index contributed by atoms with van der Waals surface area (Å²) in [7, 11) is 1.37. The van der Waals surface area contributed by atoms with Gasteiger partial charge in [0.05, 0.1) is 7.11 Å². The first-order chi connectivity index (χ1) is 7.45. The molecule has 0 spiro atoms. The average molecular weight is 242 g/mol. The number of carbonyl (C=O) groups excluding carboxylic acids is 1. The topological polar surface area (TPSA) is 26.3 Å². The highest BCUT2D eigenvalue weighted by Crippen LogP contribution is 2.19. The molecule has 0 aliphatic carbocycles. The lowest BCUT2D eigenvalue weighted by Gasteiger charge is -2.09. The van der Waals surface area contributed by atoms with E-state index in [1.54, 1.807) is 0 Å². The van der Waals surface area contributed by atoms with Gasteiger partial charge in [-0.15, -0.1) is 12.6 Å². The average Bonchev–Trinajstić information content (AvgIpc) is 2.16. The van der Waals surface area contributed by atoms with Gasteiger partial charge in [-0.25, -0.2) is 4.79 Å². The number of methoxy groups -OCH3 is 1. The number of carbonyl (C=O) groups is 1. The van der Waals surface area contributed by atoms with E-state index in [1.807, 2.05) is 0 Å². The Hall–Kier alpha value is -0.700. The molecule has 0 heterocycles. The predicted molar refractivity (Wildman–Crippen MR) is 71.5 cm³/mol. The Balaban J connectivity index is 3.95. The molecule has 16 heavy (non-hydrogen) atoms. The molecule has 0 aliphatic rings. The molecule has 0 N–H and O–H groups in total. The van der Waals surface area contributed by atoms with Crippen LogP contribution in [0.2, 0.25) is 0 Å². The van der Waals surface area contributed by atoms with Crippen LogP contribution in [0.3, 0.4) is 0 Å². The molecule has 0 aliphatic heterocycles. The minimum absolute atomic E-state index is 0.332. The summed E-state index contributed by atoms with van der Waals surface area (Å²) >= 11 is 4.27. The van der Waals surface area contributed by atoms with Gasteiger partial charge in [-0.2, -0.15) is 0 Å². The molecule has 0 rings (SSSR count). The Morgan fingerprint density at radius 3 is 2.56 bits per heavy atom. The Morgan fingerprint density at radius 1 is 1.44 bits per heavy atom. The number of ether oxygens (including phenoxy) is 1. The number of hydrogen-bond acceptors (Lipinski definition) is 3. The van der Waals surface area contributed by atoms with E-state index in [9.17, 15) is 4.79 Å². The molecule has 3 heteroatoms. The zero-order valence-corrected chi connectivity index (χ0v) is 11.5.